The van der Waals surface area contributed by atoms with Crippen LogP contribution >= 0.6 is 11.6 Å². The highest BCUT2D eigenvalue weighted by molar-refractivity contribution is 6.33. The maximum absolute atomic E-state index is 5.90. The lowest BCUT2D eigenvalue weighted by molar-refractivity contribution is 0.712. The minimum Gasteiger partial charge on any atom is -0.398 e. The molecule has 5 heteroatoms. The Morgan fingerprint density at radius 2 is 2.06 bits per heavy atom. The molecule has 1 aromatic heterocycles. The Kier molecular flexibility index (Phi) is 3.07. The van der Waals surface area contributed by atoms with E-state index in [1.165, 1.54) is 0 Å². The second-order valence-corrected chi connectivity index (χ2v) is 4.72. The molecule has 0 aliphatic heterocycles. The smallest absolute Gasteiger partial charge is 0.158 e. The van der Waals surface area contributed by atoms with E-state index in [0.717, 1.165) is 17.2 Å². The lowest BCUT2D eigenvalue weighted by Gasteiger charge is -2.02. The molecule has 0 unspecified atom stereocenters. The van der Waals surface area contributed by atoms with Crippen molar-refractivity contribution in [2.24, 2.45) is 7.05 Å². The van der Waals surface area contributed by atoms with E-state index in [2.05, 4.69) is 23.9 Å². The van der Waals surface area contributed by atoms with Crippen molar-refractivity contribution in [1.29, 1.82) is 0 Å². The van der Waals surface area contributed by atoms with Gasteiger partial charge in [-0.1, -0.05) is 25.4 Å². The van der Waals surface area contributed by atoms with Gasteiger partial charge >= 0.3 is 0 Å². The highest BCUT2D eigenvalue weighted by Gasteiger charge is 2.12. The fourth-order valence-electron chi connectivity index (χ4n) is 1.58. The van der Waals surface area contributed by atoms with Gasteiger partial charge in [-0.25, -0.2) is 9.67 Å². The molecule has 4 nitrogen and oxygen atoms in total. The third-order valence-electron chi connectivity index (χ3n) is 2.55. The van der Waals surface area contributed by atoms with Crippen LogP contribution in [-0.4, -0.2) is 14.8 Å². The number of aromatic nitrogens is 3. The number of rotatable bonds is 2. The summed E-state index contributed by atoms with van der Waals surface area (Å²) in [5, 5.41) is 4.93. The van der Waals surface area contributed by atoms with E-state index in [-0.39, 0.29) is 0 Å². The number of anilines is 1. The molecule has 0 aliphatic carbocycles. The Balaban J connectivity index is 2.49. The Labute approximate surface area is 105 Å². The second kappa shape index (κ2) is 4.37. The zero-order valence-corrected chi connectivity index (χ0v) is 10.9. The van der Waals surface area contributed by atoms with Crippen LogP contribution in [0, 0.1) is 0 Å². The Hall–Kier alpha value is -1.55. The number of hydrogen-bond donors (Lipinski definition) is 1. The normalized spacial score (nSPS) is 11.1. The highest BCUT2D eigenvalue weighted by Crippen LogP contribution is 2.26. The summed E-state index contributed by atoms with van der Waals surface area (Å²) in [4.78, 5) is 4.50. The molecule has 1 heterocycles. The van der Waals surface area contributed by atoms with Crippen molar-refractivity contribution in [3.63, 3.8) is 0 Å². The first-order valence-electron chi connectivity index (χ1n) is 5.45. The highest BCUT2D eigenvalue weighted by atomic mass is 35.5. The largest absolute Gasteiger partial charge is 0.398 e. The van der Waals surface area contributed by atoms with Crippen LogP contribution in [0.15, 0.2) is 18.2 Å². The topological polar surface area (TPSA) is 56.7 Å². The molecule has 2 aromatic rings. The minimum absolute atomic E-state index is 0.305. The monoisotopic (exact) mass is 250 g/mol. The van der Waals surface area contributed by atoms with Crippen LogP contribution in [0.25, 0.3) is 11.4 Å². The molecule has 0 atom stereocenters. The first-order valence-corrected chi connectivity index (χ1v) is 5.83. The van der Waals surface area contributed by atoms with Gasteiger partial charge < -0.3 is 5.73 Å². The lowest BCUT2D eigenvalue weighted by atomic mass is 10.2. The summed E-state index contributed by atoms with van der Waals surface area (Å²) >= 11 is 5.90. The summed E-state index contributed by atoms with van der Waals surface area (Å²) in [6, 6.07) is 5.49. The van der Waals surface area contributed by atoms with Crippen LogP contribution in [0.5, 0.6) is 0 Å². The number of halogens is 1. The van der Waals surface area contributed by atoms with Crippen LogP contribution in [-0.2, 0) is 7.05 Å². The average Bonchev–Trinajstić information content (AvgIpc) is 2.65. The van der Waals surface area contributed by atoms with Crippen molar-refractivity contribution >= 4 is 17.3 Å². The third kappa shape index (κ3) is 2.26. The molecule has 0 spiro atoms. The van der Waals surface area contributed by atoms with E-state index in [1.54, 1.807) is 10.7 Å². The summed E-state index contributed by atoms with van der Waals surface area (Å²) in [5.41, 5.74) is 7.26. The summed E-state index contributed by atoms with van der Waals surface area (Å²) in [6.07, 6.45) is 0. The van der Waals surface area contributed by atoms with Crippen LogP contribution in [0.2, 0.25) is 5.02 Å². The molecule has 0 saturated heterocycles. The molecule has 0 amide bonds. The summed E-state index contributed by atoms with van der Waals surface area (Å²) in [7, 11) is 1.87. The van der Waals surface area contributed by atoms with E-state index < -0.39 is 0 Å². The molecule has 2 N–H and O–H groups in total. The number of nitrogens with two attached hydrogens (primary N) is 1. The summed E-state index contributed by atoms with van der Waals surface area (Å²) in [6.45, 7) is 4.13. The standard InChI is InChI=1S/C12H15ClN4/c1-7(2)11-15-12(17(3)16-11)8-4-5-9(13)10(14)6-8/h4-7H,14H2,1-3H3. The van der Waals surface area contributed by atoms with Crippen molar-refractivity contribution in [2.45, 2.75) is 19.8 Å². The van der Waals surface area contributed by atoms with Gasteiger partial charge in [0.1, 0.15) is 0 Å². The van der Waals surface area contributed by atoms with Crippen molar-refractivity contribution in [2.75, 3.05) is 5.73 Å². The Bertz CT molecular complexity index is 545. The fourth-order valence-corrected chi connectivity index (χ4v) is 1.70. The van der Waals surface area contributed by atoms with Gasteiger partial charge in [0, 0.05) is 18.5 Å². The van der Waals surface area contributed by atoms with E-state index in [1.807, 2.05) is 19.2 Å². The van der Waals surface area contributed by atoms with Crippen molar-refractivity contribution in [1.82, 2.24) is 14.8 Å². The molecular weight excluding hydrogens is 236 g/mol. The second-order valence-electron chi connectivity index (χ2n) is 4.31. The van der Waals surface area contributed by atoms with Gasteiger partial charge in [-0.3, -0.25) is 0 Å². The average molecular weight is 251 g/mol. The van der Waals surface area contributed by atoms with Crippen LogP contribution in [0.3, 0.4) is 0 Å². The lowest BCUT2D eigenvalue weighted by Crippen LogP contribution is -1.96. The number of nitrogens with zero attached hydrogens (tertiary/aromatic N) is 3. The first kappa shape index (κ1) is 11.9. The number of hydrogen-bond acceptors (Lipinski definition) is 3. The molecule has 0 bridgehead atoms. The Morgan fingerprint density at radius 3 is 2.59 bits per heavy atom. The van der Waals surface area contributed by atoms with Crippen molar-refractivity contribution < 1.29 is 0 Å². The molecule has 0 radical (unpaired) electrons. The maximum Gasteiger partial charge on any atom is 0.158 e. The SMILES string of the molecule is CC(C)c1nc(-c2ccc(Cl)c(N)c2)n(C)n1. The van der Waals surface area contributed by atoms with Crippen LogP contribution < -0.4 is 5.73 Å². The molecule has 17 heavy (non-hydrogen) atoms. The van der Waals surface area contributed by atoms with E-state index in [4.69, 9.17) is 17.3 Å². The van der Waals surface area contributed by atoms with Crippen molar-refractivity contribution in [3.8, 4) is 11.4 Å². The van der Waals surface area contributed by atoms with Gasteiger partial charge in [0.2, 0.25) is 0 Å². The third-order valence-corrected chi connectivity index (χ3v) is 2.89. The zero-order valence-electron chi connectivity index (χ0n) is 10.1. The summed E-state index contributed by atoms with van der Waals surface area (Å²) in [5.74, 6) is 1.94. The number of benzene rings is 1. The van der Waals surface area contributed by atoms with Gasteiger partial charge in [0.25, 0.3) is 0 Å². The first-order chi connectivity index (χ1) is 7.99. The van der Waals surface area contributed by atoms with Gasteiger partial charge in [-0.15, -0.1) is 0 Å². The van der Waals surface area contributed by atoms with Gasteiger partial charge in [-0.2, -0.15) is 5.10 Å². The summed E-state index contributed by atoms with van der Waals surface area (Å²) < 4.78 is 1.76. The predicted molar refractivity (Wildman–Crippen MR) is 70.0 cm³/mol. The zero-order chi connectivity index (χ0) is 12.6. The number of aryl methyl sites for hydroxylation is 1. The molecule has 0 saturated carbocycles. The van der Waals surface area contributed by atoms with Crippen molar-refractivity contribution in [3.05, 3.63) is 29.0 Å². The van der Waals surface area contributed by atoms with E-state index in [9.17, 15) is 0 Å². The molecular formula is C12H15ClN4. The fraction of sp³-hybridized carbons (Fsp3) is 0.333. The van der Waals surface area contributed by atoms with Gasteiger partial charge in [0.05, 0.1) is 10.7 Å². The minimum atomic E-state index is 0.305. The van der Waals surface area contributed by atoms with E-state index >= 15 is 0 Å². The Morgan fingerprint density at radius 1 is 1.35 bits per heavy atom. The molecule has 0 fully saturated rings. The van der Waals surface area contributed by atoms with Crippen LogP contribution in [0.4, 0.5) is 5.69 Å². The quantitative estimate of drug-likeness (QED) is 0.834. The van der Waals surface area contributed by atoms with E-state index in [0.29, 0.717) is 16.6 Å². The maximum atomic E-state index is 5.90. The predicted octanol–water partition coefficient (Wildman–Crippen LogP) is 2.84. The molecule has 2 rings (SSSR count). The van der Waals surface area contributed by atoms with Crippen LogP contribution in [0.1, 0.15) is 25.6 Å². The number of nitrogen functional groups attached to an aromatic ring is 1. The van der Waals surface area contributed by atoms with Gasteiger partial charge in [-0.05, 0) is 18.2 Å². The molecule has 0 aliphatic rings. The molecule has 1 aromatic carbocycles. The van der Waals surface area contributed by atoms with Gasteiger partial charge in [0.15, 0.2) is 11.6 Å². The molecule has 90 valence electrons.